The molecule has 3 rings (SSSR count). The molecule has 0 aliphatic rings. The third kappa shape index (κ3) is 5.48. The summed E-state index contributed by atoms with van der Waals surface area (Å²) in [6.45, 7) is 1.94. The molecule has 1 amide bonds. The molecule has 1 N–H and O–H groups in total. The highest BCUT2D eigenvalue weighted by molar-refractivity contribution is 7.99. The highest BCUT2D eigenvalue weighted by atomic mass is 32.2. The second-order valence-corrected chi connectivity index (χ2v) is 7.23. The molecule has 9 nitrogen and oxygen atoms in total. The molecule has 0 fully saturated rings. The van der Waals surface area contributed by atoms with Crippen LogP contribution in [0.1, 0.15) is 26.3 Å². The van der Waals surface area contributed by atoms with Gasteiger partial charge < -0.3 is 19.2 Å². The standard InChI is InChI=1S/C21H19N3O6S/c1-12-6-4-5-7-16(12)18-23-24-21(30-18)31-11-17(25)22-15-9-13(19(26)28-2)8-14(10-15)20(27)29-3/h4-10H,11H2,1-3H3,(H,22,25). The molecule has 1 aromatic heterocycles. The van der Waals surface area contributed by atoms with Crippen molar-refractivity contribution in [2.45, 2.75) is 12.1 Å². The number of nitrogens with one attached hydrogen (secondary N) is 1. The average molecular weight is 441 g/mol. The molecule has 0 aliphatic heterocycles. The van der Waals surface area contributed by atoms with Crippen molar-refractivity contribution in [3.05, 3.63) is 59.2 Å². The van der Waals surface area contributed by atoms with Crippen molar-refractivity contribution in [2.75, 3.05) is 25.3 Å². The molecule has 160 valence electrons. The Hall–Kier alpha value is -3.66. The van der Waals surface area contributed by atoms with E-state index in [-0.39, 0.29) is 27.8 Å². The van der Waals surface area contributed by atoms with Crippen molar-refractivity contribution in [2.24, 2.45) is 0 Å². The summed E-state index contributed by atoms with van der Waals surface area (Å²) in [4.78, 5) is 36.1. The van der Waals surface area contributed by atoms with Crippen molar-refractivity contribution in [3.63, 3.8) is 0 Å². The Morgan fingerprint density at radius 3 is 2.26 bits per heavy atom. The van der Waals surface area contributed by atoms with E-state index in [1.54, 1.807) is 0 Å². The van der Waals surface area contributed by atoms with Gasteiger partial charge in [0.25, 0.3) is 5.22 Å². The van der Waals surface area contributed by atoms with Crippen LogP contribution < -0.4 is 5.32 Å². The smallest absolute Gasteiger partial charge is 0.337 e. The van der Waals surface area contributed by atoms with E-state index in [2.05, 4.69) is 25.0 Å². The molecule has 1 heterocycles. The number of anilines is 1. The van der Waals surface area contributed by atoms with Gasteiger partial charge in [-0.15, -0.1) is 10.2 Å². The van der Waals surface area contributed by atoms with Gasteiger partial charge in [0.2, 0.25) is 11.8 Å². The molecule has 0 unspecified atom stereocenters. The highest BCUT2D eigenvalue weighted by Crippen LogP contribution is 2.25. The maximum atomic E-state index is 12.4. The van der Waals surface area contributed by atoms with Gasteiger partial charge in [-0.05, 0) is 36.8 Å². The molecule has 0 bridgehead atoms. The Bertz CT molecular complexity index is 1090. The van der Waals surface area contributed by atoms with Crippen LogP contribution in [0.3, 0.4) is 0 Å². The molecule has 0 aliphatic carbocycles. The molecular weight excluding hydrogens is 422 g/mol. The number of amides is 1. The predicted octanol–water partition coefficient (Wildman–Crippen LogP) is 3.35. The zero-order valence-electron chi connectivity index (χ0n) is 17.0. The lowest BCUT2D eigenvalue weighted by Crippen LogP contribution is -2.16. The summed E-state index contributed by atoms with van der Waals surface area (Å²) < 4.78 is 15.0. The summed E-state index contributed by atoms with van der Waals surface area (Å²) in [5.74, 6) is -1.34. The number of ether oxygens (including phenoxy) is 2. The summed E-state index contributed by atoms with van der Waals surface area (Å²) in [7, 11) is 2.44. The number of aromatic nitrogens is 2. The van der Waals surface area contributed by atoms with Crippen LogP contribution in [0.25, 0.3) is 11.5 Å². The van der Waals surface area contributed by atoms with E-state index in [9.17, 15) is 14.4 Å². The zero-order chi connectivity index (χ0) is 22.4. The van der Waals surface area contributed by atoms with Crippen molar-refractivity contribution in [1.29, 1.82) is 0 Å². The minimum absolute atomic E-state index is 0.0224. The van der Waals surface area contributed by atoms with Crippen LogP contribution in [0, 0.1) is 6.92 Å². The quantitative estimate of drug-likeness (QED) is 0.434. The van der Waals surface area contributed by atoms with Gasteiger partial charge in [-0.3, -0.25) is 4.79 Å². The number of thioether (sulfide) groups is 1. The van der Waals surface area contributed by atoms with Gasteiger partial charge in [0.15, 0.2) is 0 Å². The fourth-order valence-electron chi connectivity index (χ4n) is 2.69. The summed E-state index contributed by atoms with van der Waals surface area (Å²) in [6.07, 6.45) is 0. The molecule has 0 spiro atoms. The number of rotatable bonds is 7. The van der Waals surface area contributed by atoms with Gasteiger partial charge in [-0.25, -0.2) is 9.59 Å². The first kappa shape index (κ1) is 22.0. The van der Waals surface area contributed by atoms with Crippen LogP contribution in [0.5, 0.6) is 0 Å². The average Bonchev–Trinajstić information content (AvgIpc) is 3.25. The van der Waals surface area contributed by atoms with Gasteiger partial charge in [-0.2, -0.15) is 0 Å². The maximum Gasteiger partial charge on any atom is 0.337 e. The van der Waals surface area contributed by atoms with E-state index in [1.165, 1.54) is 32.4 Å². The van der Waals surface area contributed by atoms with E-state index in [0.29, 0.717) is 5.89 Å². The predicted molar refractivity (Wildman–Crippen MR) is 113 cm³/mol. The topological polar surface area (TPSA) is 121 Å². The lowest BCUT2D eigenvalue weighted by Gasteiger charge is -2.09. The molecule has 31 heavy (non-hydrogen) atoms. The molecular formula is C21H19N3O6S. The van der Waals surface area contributed by atoms with E-state index >= 15 is 0 Å². The van der Waals surface area contributed by atoms with Crippen molar-refractivity contribution in [3.8, 4) is 11.5 Å². The Morgan fingerprint density at radius 1 is 1.00 bits per heavy atom. The Morgan fingerprint density at radius 2 is 1.65 bits per heavy atom. The number of carbonyl (C=O) groups excluding carboxylic acids is 3. The molecule has 0 saturated heterocycles. The Balaban J connectivity index is 1.68. The molecule has 2 aromatic carbocycles. The number of nitrogens with zero attached hydrogens (tertiary/aromatic N) is 2. The minimum Gasteiger partial charge on any atom is -0.465 e. The monoisotopic (exact) mass is 441 g/mol. The van der Waals surface area contributed by atoms with Gasteiger partial charge in [0, 0.05) is 11.3 Å². The summed E-state index contributed by atoms with van der Waals surface area (Å²) in [5.41, 5.74) is 2.27. The molecule has 0 radical (unpaired) electrons. The second-order valence-electron chi connectivity index (χ2n) is 6.31. The number of hydrogen-bond donors (Lipinski definition) is 1. The SMILES string of the molecule is COC(=O)c1cc(NC(=O)CSc2nnc(-c3ccccc3C)o2)cc(C(=O)OC)c1. The molecule has 10 heteroatoms. The van der Waals surface area contributed by atoms with Gasteiger partial charge in [0.1, 0.15) is 0 Å². The minimum atomic E-state index is -0.648. The van der Waals surface area contributed by atoms with Crippen molar-refractivity contribution < 1.29 is 28.3 Å². The summed E-state index contributed by atoms with van der Waals surface area (Å²) in [6, 6.07) is 11.7. The molecule has 3 aromatic rings. The van der Waals surface area contributed by atoms with Crippen molar-refractivity contribution in [1.82, 2.24) is 10.2 Å². The number of carbonyl (C=O) groups is 3. The van der Waals surface area contributed by atoms with E-state index in [1.807, 2.05) is 31.2 Å². The van der Waals surface area contributed by atoms with Crippen LogP contribution in [0.2, 0.25) is 0 Å². The summed E-state index contributed by atoms with van der Waals surface area (Å²) in [5, 5.41) is 10.8. The fourth-order valence-corrected chi connectivity index (χ4v) is 3.25. The van der Waals surface area contributed by atoms with Crippen LogP contribution in [0.4, 0.5) is 5.69 Å². The van der Waals surface area contributed by atoms with Crippen LogP contribution in [-0.4, -0.2) is 48.0 Å². The van der Waals surface area contributed by atoms with E-state index < -0.39 is 17.8 Å². The third-order valence-corrected chi connectivity index (χ3v) is 4.99. The van der Waals surface area contributed by atoms with Crippen LogP contribution in [-0.2, 0) is 14.3 Å². The Labute approximate surface area is 182 Å². The number of aryl methyl sites for hydroxylation is 1. The van der Waals surface area contributed by atoms with Gasteiger partial charge >= 0.3 is 11.9 Å². The second kappa shape index (κ2) is 9.90. The lowest BCUT2D eigenvalue weighted by molar-refractivity contribution is -0.113. The highest BCUT2D eigenvalue weighted by Gasteiger charge is 2.16. The zero-order valence-corrected chi connectivity index (χ0v) is 17.8. The van der Waals surface area contributed by atoms with Crippen LogP contribution >= 0.6 is 11.8 Å². The molecule has 0 atom stereocenters. The largest absolute Gasteiger partial charge is 0.465 e. The first-order valence-electron chi connectivity index (χ1n) is 9.05. The number of methoxy groups -OCH3 is 2. The first-order chi connectivity index (χ1) is 14.9. The van der Waals surface area contributed by atoms with Crippen LogP contribution in [0.15, 0.2) is 52.1 Å². The molecule has 0 saturated carbocycles. The third-order valence-electron chi connectivity index (χ3n) is 4.17. The number of hydrogen-bond acceptors (Lipinski definition) is 9. The lowest BCUT2D eigenvalue weighted by atomic mass is 10.1. The fraction of sp³-hybridized carbons (Fsp3) is 0.190. The van der Waals surface area contributed by atoms with Gasteiger partial charge in [0.05, 0.1) is 31.1 Å². The number of benzene rings is 2. The number of esters is 2. The van der Waals surface area contributed by atoms with E-state index in [4.69, 9.17) is 4.42 Å². The summed E-state index contributed by atoms with van der Waals surface area (Å²) >= 11 is 1.06. The van der Waals surface area contributed by atoms with E-state index in [0.717, 1.165) is 22.9 Å². The maximum absolute atomic E-state index is 12.4. The first-order valence-corrected chi connectivity index (χ1v) is 10.0. The van der Waals surface area contributed by atoms with Gasteiger partial charge in [-0.1, -0.05) is 30.0 Å². The van der Waals surface area contributed by atoms with Crippen molar-refractivity contribution >= 4 is 35.3 Å². The Kier molecular flexibility index (Phi) is 7.03. The normalized spacial score (nSPS) is 10.4.